The molecule has 2 aromatic rings. The summed E-state index contributed by atoms with van der Waals surface area (Å²) in [5.74, 6) is -1.62. The third kappa shape index (κ3) is 5.41. The smallest absolute Gasteiger partial charge is 0.326 e. The summed E-state index contributed by atoms with van der Waals surface area (Å²) in [6, 6.07) is 6.30. The molecule has 11 heteroatoms. The number of ketones is 1. The molecule has 1 saturated carbocycles. The predicted octanol–water partition coefficient (Wildman–Crippen LogP) is 5.86. The minimum Gasteiger partial charge on any atom is -0.480 e. The number of hydrogen-bond donors (Lipinski definition) is 3. The first-order chi connectivity index (χ1) is 19.1. The van der Waals surface area contributed by atoms with Gasteiger partial charge in [-0.3, -0.25) is 14.6 Å². The van der Waals surface area contributed by atoms with E-state index in [4.69, 9.17) is 23.2 Å². The number of aliphatic carboxylic acids is 1. The number of carbonyl (C=O) groups excluding carboxylic acids is 2. The van der Waals surface area contributed by atoms with Gasteiger partial charge in [0.15, 0.2) is 5.78 Å². The Bertz CT molecular complexity index is 1340. The van der Waals surface area contributed by atoms with Gasteiger partial charge in [0.1, 0.15) is 6.04 Å². The van der Waals surface area contributed by atoms with Crippen LogP contribution in [0.15, 0.2) is 46.8 Å². The van der Waals surface area contributed by atoms with Crippen molar-refractivity contribution in [1.29, 1.82) is 0 Å². The average Bonchev–Trinajstić information content (AvgIpc) is 3.36. The van der Waals surface area contributed by atoms with Crippen molar-refractivity contribution in [1.82, 2.24) is 15.2 Å². The van der Waals surface area contributed by atoms with Gasteiger partial charge in [0.05, 0.1) is 25.5 Å². The highest BCUT2D eigenvalue weighted by atomic mass is 79.9. The maximum Gasteiger partial charge on any atom is 0.326 e. The molecule has 2 aliphatic carbocycles. The largest absolute Gasteiger partial charge is 0.480 e. The number of carboxylic acids is 1. The molecule has 0 radical (unpaired) electrons. The number of carbonyl (C=O) groups is 3. The number of carboxylic acid groups (broad SMARTS) is 1. The van der Waals surface area contributed by atoms with Gasteiger partial charge in [-0.1, -0.05) is 54.6 Å². The number of Topliss-reactive ketones (excluding diaryl/α,β-unsaturated/α-hetero) is 1. The van der Waals surface area contributed by atoms with E-state index < -0.39 is 23.3 Å². The molecule has 2 fully saturated rings. The number of nitrogens with zero attached hydrogens (tertiary/aromatic N) is 2. The summed E-state index contributed by atoms with van der Waals surface area (Å²) in [5, 5.41) is 17.0. The first-order valence-electron chi connectivity index (χ1n) is 13.5. The van der Waals surface area contributed by atoms with Crippen molar-refractivity contribution < 1.29 is 19.5 Å². The molecular formula is C29H31BrCl2N4O4. The number of anilines is 1. The lowest BCUT2D eigenvalue weighted by Gasteiger charge is -2.47. The Morgan fingerprint density at radius 2 is 1.77 bits per heavy atom. The summed E-state index contributed by atoms with van der Waals surface area (Å²) < 4.78 is 0.467. The van der Waals surface area contributed by atoms with E-state index >= 15 is 0 Å². The van der Waals surface area contributed by atoms with Crippen molar-refractivity contribution in [2.75, 3.05) is 25.5 Å². The van der Waals surface area contributed by atoms with Crippen LogP contribution in [0.5, 0.6) is 0 Å². The number of likely N-dealkylation sites (tertiary alicyclic amines) is 1. The fourth-order valence-electron chi connectivity index (χ4n) is 6.49. The molecule has 5 rings (SSSR count). The van der Waals surface area contributed by atoms with Crippen LogP contribution in [-0.2, 0) is 9.59 Å². The van der Waals surface area contributed by atoms with E-state index in [1.54, 1.807) is 12.1 Å². The van der Waals surface area contributed by atoms with Crippen LogP contribution in [0.2, 0.25) is 10.0 Å². The number of allylic oxidation sites excluding steroid dienone is 2. The SMILES string of the molecule is CN1CCC(C(c2ccc(NC(=O)c3c(Cl)cncc3Cl)cc2)[C@H](NC2=C(Br)C(=O)C23CCCCC3)C(=O)O)C1. The Balaban J connectivity index is 1.43. The second-order valence-electron chi connectivity index (χ2n) is 11.0. The first kappa shape index (κ1) is 29.0. The first-order valence-corrected chi connectivity index (χ1v) is 15.0. The van der Waals surface area contributed by atoms with E-state index in [-0.39, 0.29) is 33.2 Å². The Labute approximate surface area is 251 Å². The third-order valence-corrected chi connectivity index (χ3v) is 9.86. The summed E-state index contributed by atoms with van der Waals surface area (Å²) >= 11 is 15.7. The molecule has 1 spiro atoms. The van der Waals surface area contributed by atoms with Crippen molar-refractivity contribution >= 4 is 62.5 Å². The van der Waals surface area contributed by atoms with Crippen LogP contribution in [0.3, 0.4) is 0 Å². The molecule has 2 unspecified atom stereocenters. The minimum absolute atomic E-state index is 0.0745. The summed E-state index contributed by atoms with van der Waals surface area (Å²) in [5.41, 5.74) is 1.63. The van der Waals surface area contributed by atoms with Crippen LogP contribution in [0, 0.1) is 11.3 Å². The van der Waals surface area contributed by atoms with Gasteiger partial charge >= 0.3 is 5.97 Å². The van der Waals surface area contributed by atoms with Crippen molar-refractivity contribution in [3.05, 3.63) is 68.0 Å². The summed E-state index contributed by atoms with van der Waals surface area (Å²) in [7, 11) is 2.04. The molecule has 2 heterocycles. The van der Waals surface area contributed by atoms with E-state index in [2.05, 4.69) is 36.4 Å². The summed E-state index contributed by atoms with van der Waals surface area (Å²) in [6.45, 7) is 1.64. The lowest BCUT2D eigenvalue weighted by molar-refractivity contribution is -0.141. The highest BCUT2D eigenvalue weighted by Crippen LogP contribution is 2.54. The highest BCUT2D eigenvalue weighted by Gasteiger charge is 2.54. The second kappa shape index (κ2) is 11.8. The number of aromatic nitrogens is 1. The van der Waals surface area contributed by atoms with E-state index in [0.717, 1.165) is 62.9 Å². The van der Waals surface area contributed by atoms with Crippen molar-refractivity contribution in [3.8, 4) is 0 Å². The van der Waals surface area contributed by atoms with Crippen molar-refractivity contribution in [2.45, 2.75) is 50.5 Å². The van der Waals surface area contributed by atoms with Crippen molar-refractivity contribution in [2.24, 2.45) is 11.3 Å². The predicted molar refractivity (Wildman–Crippen MR) is 158 cm³/mol. The van der Waals surface area contributed by atoms with Crippen LogP contribution in [-0.4, -0.2) is 58.8 Å². The summed E-state index contributed by atoms with van der Waals surface area (Å²) in [4.78, 5) is 44.7. The monoisotopic (exact) mass is 648 g/mol. The van der Waals surface area contributed by atoms with Crippen LogP contribution in [0.1, 0.15) is 60.4 Å². The van der Waals surface area contributed by atoms with Crippen LogP contribution in [0.25, 0.3) is 0 Å². The molecule has 3 aliphatic rings. The number of halogens is 3. The standard InChI is InChI=1S/C29H31BrCl2N4O4/c1-36-12-9-17(15-36)21(24(28(39)40)35-25-23(30)26(37)29(25)10-3-2-4-11-29)16-5-7-18(8-6-16)34-27(38)22-19(31)13-33-14-20(22)32/h5-8,13-14,17,21,24,35H,2-4,9-12,15H2,1H3,(H,34,38)(H,39,40)/t17?,21?,24-/m0/s1. The van der Waals surface area contributed by atoms with Crippen LogP contribution >= 0.6 is 39.1 Å². The Kier molecular flexibility index (Phi) is 8.57. The molecule has 3 atom stereocenters. The number of pyridine rings is 1. The van der Waals surface area contributed by atoms with Crippen molar-refractivity contribution in [3.63, 3.8) is 0 Å². The summed E-state index contributed by atoms with van der Waals surface area (Å²) in [6.07, 6.45) is 8.04. The quantitative estimate of drug-likeness (QED) is 0.329. The zero-order valence-corrected chi connectivity index (χ0v) is 25.2. The lowest BCUT2D eigenvalue weighted by Crippen LogP contribution is -2.55. The molecule has 1 saturated heterocycles. The van der Waals surface area contributed by atoms with E-state index in [0.29, 0.717) is 10.2 Å². The molecule has 3 N–H and O–H groups in total. The van der Waals surface area contributed by atoms with Crippen LogP contribution in [0.4, 0.5) is 5.69 Å². The van der Waals surface area contributed by atoms with E-state index in [9.17, 15) is 19.5 Å². The second-order valence-corrected chi connectivity index (χ2v) is 12.6. The Morgan fingerprint density at radius 3 is 2.35 bits per heavy atom. The zero-order chi connectivity index (χ0) is 28.6. The molecule has 0 bridgehead atoms. The maximum absolute atomic E-state index is 13.0. The third-order valence-electron chi connectivity index (χ3n) is 8.53. The molecule has 1 aliphatic heterocycles. The molecule has 40 heavy (non-hydrogen) atoms. The van der Waals surface area contributed by atoms with Crippen LogP contribution < -0.4 is 10.6 Å². The molecule has 1 aromatic carbocycles. The molecule has 1 aromatic heterocycles. The Hall–Kier alpha value is -2.46. The van der Waals surface area contributed by atoms with Gasteiger partial charge in [-0.05, 0) is 72.4 Å². The normalized spacial score (nSPS) is 22.1. The minimum atomic E-state index is -0.961. The number of benzene rings is 1. The van der Waals surface area contributed by atoms with Gasteiger partial charge in [0.25, 0.3) is 5.91 Å². The number of hydrogen-bond acceptors (Lipinski definition) is 6. The maximum atomic E-state index is 13.0. The van der Waals surface area contributed by atoms with Gasteiger partial charge in [-0.2, -0.15) is 0 Å². The lowest BCUT2D eigenvalue weighted by atomic mass is 9.62. The molecule has 8 nitrogen and oxygen atoms in total. The van der Waals surface area contributed by atoms with E-state index in [1.165, 1.54) is 12.4 Å². The fourth-order valence-corrected chi connectivity index (χ4v) is 7.90. The van der Waals surface area contributed by atoms with Gasteiger partial charge in [-0.25, -0.2) is 4.79 Å². The zero-order valence-electron chi connectivity index (χ0n) is 22.1. The van der Waals surface area contributed by atoms with Gasteiger partial charge in [0, 0.05) is 36.2 Å². The molecule has 212 valence electrons. The van der Waals surface area contributed by atoms with E-state index in [1.807, 2.05) is 19.2 Å². The fraction of sp³-hybridized carbons (Fsp3) is 0.448. The molecular weight excluding hydrogens is 619 g/mol. The number of amides is 1. The Morgan fingerprint density at radius 1 is 1.12 bits per heavy atom. The van der Waals surface area contributed by atoms with Gasteiger partial charge in [0.2, 0.25) is 0 Å². The van der Waals surface area contributed by atoms with Gasteiger partial charge in [-0.15, -0.1) is 0 Å². The highest BCUT2D eigenvalue weighted by molar-refractivity contribution is 9.12. The van der Waals surface area contributed by atoms with Gasteiger partial charge < -0.3 is 20.6 Å². The number of rotatable bonds is 8. The number of nitrogens with one attached hydrogen (secondary N) is 2. The topological polar surface area (TPSA) is 112 Å². The average molecular weight is 650 g/mol. The molecule has 1 amide bonds.